The van der Waals surface area contributed by atoms with Crippen LogP contribution in [-0.4, -0.2) is 61.7 Å². The molecule has 1 rings (SSSR count). The number of likely N-dealkylation sites (tertiary alicyclic amines) is 1. The zero-order valence-corrected chi connectivity index (χ0v) is 12.4. The SMILES string of the molecule is CNC(C)(C#N)CC(C)N(C)CCN1CCCC1. The number of rotatable bonds is 7. The van der Waals surface area contributed by atoms with E-state index in [4.69, 9.17) is 0 Å². The first kappa shape index (κ1) is 15.4. The van der Waals surface area contributed by atoms with Crippen LogP contribution in [0.25, 0.3) is 0 Å². The van der Waals surface area contributed by atoms with Crippen molar-refractivity contribution in [3.8, 4) is 6.07 Å². The molecule has 104 valence electrons. The topological polar surface area (TPSA) is 42.3 Å². The van der Waals surface area contributed by atoms with Gasteiger partial charge in [-0.3, -0.25) is 0 Å². The minimum Gasteiger partial charge on any atom is -0.303 e. The van der Waals surface area contributed by atoms with Crippen molar-refractivity contribution < 1.29 is 0 Å². The summed E-state index contributed by atoms with van der Waals surface area (Å²) in [6.45, 7) is 8.94. The Morgan fingerprint density at radius 3 is 2.56 bits per heavy atom. The van der Waals surface area contributed by atoms with Gasteiger partial charge in [-0.05, 0) is 60.3 Å². The van der Waals surface area contributed by atoms with Crippen molar-refractivity contribution in [3.05, 3.63) is 0 Å². The highest BCUT2D eigenvalue weighted by Gasteiger charge is 2.26. The Balaban J connectivity index is 2.31. The third kappa shape index (κ3) is 4.56. The second-order valence-corrected chi connectivity index (χ2v) is 5.78. The number of hydrogen-bond donors (Lipinski definition) is 1. The van der Waals surface area contributed by atoms with Gasteiger partial charge in [-0.2, -0.15) is 5.26 Å². The van der Waals surface area contributed by atoms with Crippen LogP contribution >= 0.6 is 0 Å². The maximum Gasteiger partial charge on any atom is 0.105 e. The quantitative estimate of drug-likeness (QED) is 0.741. The average Bonchev–Trinajstić information content (AvgIpc) is 2.88. The molecule has 4 nitrogen and oxygen atoms in total. The lowest BCUT2D eigenvalue weighted by molar-refractivity contribution is 0.189. The third-order valence-electron chi connectivity index (χ3n) is 4.22. The minimum absolute atomic E-state index is 0.415. The van der Waals surface area contributed by atoms with Gasteiger partial charge in [-0.1, -0.05) is 0 Å². The molecular formula is C14H28N4. The van der Waals surface area contributed by atoms with Crippen LogP contribution in [0, 0.1) is 11.3 Å². The van der Waals surface area contributed by atoms with Crippen LogP contribution in [0.2, 0.25) is 0 Å². The summed E-state index contributed by atoms with van der Waals surface area (Å²) in [6, 6.07) is 2.78. The van der Waals surface area contributed by atoms with Crippen molar-refractivity contribution in [1.29, 1.82) is 5.26 Å². The third-order valence-corrected chi connectivity index (χ3v) is 4.22. The normalized spacial score (nSPS) is 21.8. The zero-order valence-electron chi connectivity index (χ0n) is 12.4. The van der Waals surface area contributed by atoms with Crippen molar-refractivity contribution in [1.82, 2.24) is 15.1 Å². The van der Waals surface area contributed by atoms with Crippen LogP contribution in [0.5, 0.6) is 0 Å². The van der Waals surface area contributed by atoms with E-state index in [1.54, 1.807) is 0 Å². The fraction of sp³-hybridized carbons (Fsp3) is 0.929. The Kier molecular flexibility index (Phi) is 6.07. The van der Waals surface area contributed by atoms with Gasteiger partial charge in [0.2, 0.25) is 0 Å². The first-order valence-electron chi connectivity index (χ1n) is 7.03. The number of nitrogens with zero attached hydrogens (tertiary/aromatic N) is 3. The van der Waals surface area contributed by atoms with Crippen molar-refractivity contribution in [2.75, 3.05) is 40.3 Å². The van der Waals surface area contributed by atoms with E-state index in [1.807, 2.05) is 14.0 Å². The van der Waals surface area contributed by atoms with E-state index in [-0.39, 0.29) is 0 Å². The Morgan fingerprint density at radius 2 is 2.06 bits per heavy atom. The fourth-order valence-electron chi connectivity index (χ4n) is 2.48. The molecule has 1 fully saturated rings. The van der Waals surface area contributed by atoms with E-state index in [2.05, 4.69) is 35.2 Å². The molecular weight excluding hydrogens is 224 g/mol. The molecule has 2 unspecified atom stereocenters. The Morgan fingerprint density at radius 1 is 1.44 bits per heavy atom. The van der Waals surface area contributed by atoms with Crippen LogP contribution < -0.4 is 5.32 Å². The molecule has 1 N–H and O–H groups in total. The summed E-state index contributed by atoms with van der Waals surface area (Å²) in [6.07, 6.45) is 3.56. The Hall–Kier alpha value is -0.630. The van der Waals surface area contributed by atoms with Crippen molar-refractivity contribution in [2.24, 2.45) is 0 Å². The van der Waals surface area contributed by atoms with Crippen molar-refractivity contribution >= 4 is 0 Å². The average molecular weight is 252 g/mol. The molecule has 0 amide bonds. The summed E-state index contributed by atoms with van der Waals surface area (Å²) in [5.74, 6) is 0. The molecule has 0 bridgehead atoms. The standard InChI is InChI=1S/C14H28N4/c1-13(11-14(2,12-15)16-3)17(4)9-10-18-7-5-6-8-18/h13,16H,5-11H2,1-4H3. The predicted molar refractivity (Wildman–Crippen MR) is 75.5 cm³/mol. The molecule has 0 aromatic carbocycles. The van der Waals surface area contributed by atoms with Crippen molar-refractivity contribution in [2.45, 2.75) is 44.7 Å². The van der Waals surface area contributed by atoms with Crippen molar-refractivity contribution in [3.63, 3.8) is 0 Å². The van der Waals surface area contributed by atoms with Crippen LogP contribution in [-0.2, 0) is 0 Å². The van der Waals surface area contributed by atoms with Crippen LogP contribution in [0.4, 0.5) is 0 Å². The molecule has 1 saturated heterocycles. The number of nitrogens with one attached hydrogen (secondary N) is 1. The molecule has 0 aromatic heterocycles. The number of likely N-dealkylation sites (N-methyl/N-ethyl adjacent to an activating group) is 1. The highest BCUT2D eigenvalue weighted by Crippen LogP contribution is 2.14. The second kappa shape index (κ2) is 7.08. The number of nitriles is 1. The van der Waals surface area contributed by atoms with Gasteiger partial charge in [0.15, 0.2) is 0 Å². The Bertz CT molecular complexity index is 280. The molecule has 2 atom stereocenters. The van der Waals surface area contributed by atoms with E-state index in [1.165, 1.54) is 25.9 Å². The van der Waals surface area contributed by atoms with Gasteiger partial charge in [0.1, 0.15) is 5.54 Å². The largest absolute Gasteiger partial charge is 0.303 e. The smallest absolute Gasteiger partial charge is 0.105 e. The summed E-state index contributed by atoms with van der Waals surface area (Å²) in [4.78, 5) is 4.90. The lowest BCUT2D eigenvalue weighted by Gasteiger charge is -2.32. The van der Waals surface area contributed by atoms with E-state index >= 15 is 0 Å². The molecule has 0 radical (unpaired) electrons. The molecule has 1 aliphatic heterocycles. The first-order chi connectivity index (χ1) is 8.50. The molecule has 1 aliphatic rings. The fourth-order valence-corrected chi connectivity index (χ4v) is 2.48. The van der Waals surface area contributed by atoms with E-state index < -0.39 is 5.54 Å². The first-order valence-corrected chi connectivity index (χ1v) is 7.03. The van der Waals surface area contributed by atoms with E-state index in [0.717, 1.165) is 19.5 Å². The lowest BCUT2D eigenvalue weighted by Crippen LogP contribution is -2.46. The summed E-state index contributed by atoms with van der Waals surface area (Å²) >= 11 is 0. The van der Waals surface area contributed by atoms with Gasteiger partial charge in [-0.25, -0.2) is 0 Å². The summed E-state index contributed by atoms with van der Waals surface area (Å²) in [5.41, 5.74) is -0.415. The predicted octanol–water partition coefficient (Wildman–Crippen LogP) is 1.29. The van der Waals surface area contributed by atoms with Crippen LogP contribution in [0.1, 0.15) is 33.1 Å². The van der Waals surface area contributed by atoms with Gasteiger partial charge in [0, 0.05) is 19.1 Å². The molecule has 0 spiro atoms. The molecule has 0 saturated carbocycles. The maximum absolute atomic E-state index is 9.18. The Labute approximate surface area is 112 Å². The molecule has 4 heteroatoms. The zero-order chi connectivity index (χ0) is 13.6. The second-order valence-electron chi connectivity index (χ2n) is 5.78. The molecule has 1 heterocycles. The van der Waals surface area contributed by atoms with E-state index in [0.29, 0.717) is 6.04 Å². The van der Waals surface area contributed by atoms with Gasteiger partial charge in [0.05, 0.1) is 6.07 Å². The van der Waals surface area contributed by atoms with Gasteiger partial charge < -0.3 is 15.1 Å². The molecule has 0 aliphatic carbocycles. The summed E-state index contributed by atoms with van der Waals surface area (Å²) < 4.78 is 0. The highest BCUT2D eigenvalue weighted by atomic mass is 15.2. The van der Waals surface area contributed by atoms with Crippen LogP contribution in [0.15, 0.2) is 0 Å². The number of hydrogen-bond acceptors (Lipinski definition) is 4. The van der Waals surface area contributed by atoms with Gasteiger partial charge in [-0.15, -0.1) is 0 Å². The highest BCUT2D eigenvalue weighted by molar-refractivity contribution is 5.04. The van der Waals surface area contributed by atoms with E-state index in [9.17, 15) is 5.26 Å². The molecule has 0 aromatic rings. The monoisotopic (exact) mass is 252 g/mol. The minimum atomic E-state index is -0.415. The summed E-state index contributed by atoms with van der Waals surface area (Å²) in [5, 5.41) is 12.3. The van der Waals surface area contributed by atoms with Gasteiger partial charge >= 0.3 is 0 Å². The maximum atomic E-state index is 9.18. The van der Waals surface area contributed by atoms with Crippen LogP contribution in [0.3, 0.4) is 0 Å². The summed E-state index contributed by atoms with van der Waals surface area (Å²) in [7, 11) is 4.02. The van der Waals surface area contributed by atoms with Gasteiger partial charge in [0.25, 0.3) is 0 Å². The molecule has 18 heavy (non-hydrogen) atoms. The lowest BCUT2D eigenvalue weighted by atomic mass is 9.95.